The van der Waals surface area contributed by atoms with Gasteiger partial charge in [-0.15, -0.1) is 0 Å². The minimum absolute atomic E-state index is 0.0789. The van der Waals surface area contributed by atoms with Crippen molar-refractivity contribution in [3.8, 4) is 0 Å². The van der Waals surface area contributed by atoms with E-state index in [1.54, 1.807) is 20.8 Å². The van der Waals surface area contributed by atoms with Crippen molar-refractivity contribution in [2.45, 2.75) is 33.7 Å². The molecule has 2 atom stereocenters. The molecule has 2 N–H and O–H groups in total. The van der Waals surface area contributed by atoms with Crippen LogP contribution in [0.5, 0.6) is 0 Å². The first kappa shape index (κ1) is 16.9. The van der Waals surface area contributed by atoms with Gasteiger partial charge in [0.15, 0.2) is 0 Å². The maximum Gasteiger partial charge on any atom is 0.316 e. The lowest BCUT2D eigenvalue weighted by Crippen LogP contribution is -2.50. The van der Waals surface area contributed by atoms with Crippen molar-refractivity contribution in [1.29, 1.82) is 0 Å². The number of aliphatic carboxylic acids is 1. The third kappa shape index (κ3) is 5.09. The van der Waals surface area contributed by atoms with Crippen molar-refractivity contribution in [3.63, 3.8) is 0 Å². The zero-order valence-corrected chi connectivity index (χ0v) is 12.8. The number of carbonyl (C=O) groups excluding carboxylic acids is 1. The zero-order valence-electron chi connectivity index (χ0n) is 12.8. The Hall–Kier alpha value is -1.14. The molecule has 1 heterocycles. The molecule has 1 aliphatic heterocycles. The molecule has 2 unspecified atom stereocenters. The molecule has 20 heavy (non-hydrogen) atoms. The number of hydrogen-bond acceptors (Lipinski definition) is 4. The Morgan fingerprint density at radius 3 is 2.30 bits per heavy atom. The lowest BCUT2D eigenvalue weighted by Gasteiger charge is -2.31. The van der Waals surface area contributed by atoms with Crippen molar-refractivity contribution in [1.82, 2.24) is 10.2 Å². The number of nitrogens with zero attached hydrogens (tertiary/aromatic N) is 1. The molecule has 0 aromatic heterocycles. The average Bonchev–Trinajstić information content (AvgIpc) is 2.26. The molecule has 0 aromatic carbocycles. The molecular weight excluding hydrogens is 260 g/mol. The molecule has 116 valence electrons. The van der Waals surface area contributed by atoms with Crippen LogP contribution in [-0.2, 0) is 14.3 Å². The smallest absolute Gasteiger partial charge is 0.316 e. The highest BCUT2D eigenvalue weighted by molar-refractivity contribution is 5.97. The van der Waals surface area contributed by atoms with Crippen LogP contribution in [-0.4, -0.2) is 60.8 Å². The predicted octanol–water partition coefficient (Wildman–Crippen LogP) is 0.570. The molecule has 1 fully saturated rings. The third-order valence-corrected chi connectivity index (χ3v) is 3.40. The van der Waals surface area contributed by atoms with Crippen LogP contribution in [0.1, 0.15) is 27.7 Å². The summed E-state index contributed by atoms with van der Waals surface area (Å²) in [4.78, 5) is 25.6. The van der Waals surface area contributed by atoms with Gasteiger partial charge < -0.3 is 15.2 Å². The van der Waals surface area contributed by atoms with E-state index in [1.165, 1.54) is 0 Å². The maximum absolute atomic E-state index is 12.1. The molecule has 0 aromatic rings. The quantitative estimate of drug-likeness (QED) is 0.722. The summed E-state index contributed by atoms with van der Waals surface area (Å²) < 4.78 is 5.27. The van der Waals surface area contributed by atoms with Crippen LogP contribution in [0, 0.1) is 11.3 Å². The number of hydrogen-bond donors (Lipinski definition) is 2. The highest BCUT2D eigenvalue weighted by atomic mass is 16.5. The van der Waals surface area contributed by atoms with E-state index < -0.39 is 23.2 Å². The highest BCUT2D eigenvalue weighted by Gasteiger charge is 2.38. The van der Waals surface area contributed by atoms with E-state index in [0.717, 1.165) is 13.1 Å². The summed E-state index contributed by atoms with van der Waals surface area (Å²) in [6.07, 6.45) is 0. The van der Waals surface area contributed by atoms with Crippen LogP contribution >= 0.6 is 0 Å². The fourth-order valence-corrected chi connectivity index (χ4v) is 2.42. The van der Waals surface area contributed by atoms with Crippen molar-refractivity contribution in [2.24, 2.45) is 11.3 Å². The lowest BCUT2D eigenvalue weighted by molar-refractivity contribution is -0.151. The minimum Gasteiger partial charge on any atom is -0.481 e. The molecular formula is C14H26N2O4. The number of amides is 1. The summed E-state index contributed by atoms with van der Waals surface area (Å²) >= 11 is 0. The summed E-state index contributed by atoms with van der Waals surface area (Å²) in [5.74, 6) is -2.52. The van der Waals surface area contributed by atoms with Crippen molar-refractivity contribution in [2.75, 3.05) is 32.8 Å². The van der Waals surface area contributed by atoms with Gasteiger partial charge in [-0.1, -0.05) is 20.8 Å². The van der Waals surface area contributed by atoms with E-state index in [9.17, 15) is 14.7 Å². The Balaban J connectivity index is 2.52. The normalized spacial score (nSPS) is 20.2. The molecule has 1 amide bonds. The first-order valence-corrected chi connectivity index (χ1v) is 7.05. The van der Waals surface area contributed by atoms with Gasteiger partial charge in [-0.25, -0.2) is 0 Å². The van der Waals surface area contributed by atoms with Gasteiger partial charge in [0.05, 0.1) is 13.2 Å². The SMILES string of the molecule is CC(CN1CCOCC1)NC(=O)C(C(=O)O)C(C)(C)C. The number of rotatable bonds is 5. The fraction of sp³-hybridized carbons (Fsp3) is 0.857. The Kier molecular flexibility index (Phi) is 5.95. The van der Waals surface area contributed by atoms with E-state index in [2.05, 4.69) is 10.2 Å². The van der Waals surface area contributed by atoms with Crippen molar-refractivity contribution in [3.05, 3.63) is 0 Å². The van der Waals surface area contributed by atoms with Gasteiger partial charge in [-0.05, 0) is 12.3 Å². The molecule has 1 rings (SSSR count). The molecule has 6 heteroatoms. The number of carboxylic acids is 1. The summed E-state index contributed by atoms with van der Waals surface area (Å²) in [6, 6.07) is -0.0789. The standard InChI is InChI=1S/C14H26N2O4/c1-10(9-16-5-7-20-8-6-16)15-12(17)11(13(18)19)14(2,3)4/h10-11H,5-9H2,1-4H3,(H,15,17)(H,18,19). The van der Waals surface area contributed by atoms with Crippen LogP contribution in [0.4, 0.5) is 0 Å². The van der Waals surface area contributed by atoms with Crippen molar-refractivity contribution >= 4 is 11.9 Å². The van der Waals surface area contributed by atoms with Gasteiger partial charge in [0.25, 0.3) is 0 Å². The number of ether oxygens (including phenoxy) is 1. The lowest BCUT2D eigenvalue weighted by atomic mass is 9.80. The second-order valence-electron chi connectivity index (χ2n) is 6.46. The molecule has 6 nitrogen and oxygen atoms in total. The number of morpholine rings is 1. The van der Waals surface area contributed by atoms with E-state index >= 15 is 0 Å². The zero-order chi connectivity index (χ0) is 15.3. The van der Waals surface area contributed by atoms with Crippen LogP contribution in [0.2, 0.25) is 0 Å². The van der Waals surface area contributed by atoms with Gasteiger partial charge >= 0.3 is 5.97 Å². The first-order chi connectivity index (χ1) is 9.21. The van der Waals surface area contributed by atoms with Crippen molar-refractivity contribution < 1.29 is 19.4 Å². The average molecular weight is 286 g/mol. The monoisotopic (exact) mass is 286 g/mol. The topological polar surface area (TPSA) is 78.9 Å². The van der Waals surface area contributed by atoms with E-state index in [1.807, 2.05) is 6.92 Å². The molecule has 1 saturated heterocycles. The summed E-state index contributed by atoms with van der Waals surface area (Å²) in [5, 5.41) is 12.0. The van der Waals surface area contributed by atoms with Crippen LogP contribution in [0.25, 0.3) is 0 Å². The summed E-state index contributed by atoms with van der Waals surface area (Å²) in [6.45, 7) is 11.0. The Labute approximate surface area is 120 Å². The first-order valence-electron chi connectivity index (χ1n) is 7.05. The van der Waals surface area contributed by atoms with E-state index in [-0.39, 0.29) is 6.04 Å². The predicted molar refractivity (Wildman–Crippen MR) is 75.4 cm³/mol. The Morgan fingerprint density at radius 1 is 1.30 bits per heavy atom. The van der Waals surface area contributed by atoms with Gasteiger partial charge in [0, 0.05) is 25.7 Å². The van der Waals surface area contributed by atoms with Crippen LogP contribution in [0.3, 0.4) is 0 Å². The Morgan fingerprint density at radius 2 is 1.85 bits per heavy atom. The fourth-order valence-electron chi connectivity index (χ4n) is 2.42. The van der Waals surface area contributed by atoms with Gasteiger partial charge in [0.1, 0.15) is 5.92 Å². The minimum atomic E-state index is -1.08. The maximum atomic E-state index is 12.1. The second kappa shape index (κ2) is 7.04. The third-order valence-electron chi connectivity index (χ3n) is 3.40. The van der Waals surface area contributed by atoms with Crippen LogP contribution < -0.4 is 5.32 Å². The number of carbonyl (C=O) groups is 2. The van der Waals surface area contributed by atoms with Gasteiger partial charge in [-0.2, -0.15) is 0 Å². The van der Waals surface area contributed by atoms with Gasteiger partial charge in [0.2, 0.25) is 5.91 Å². The molecule has 0 saturated carbocycles. The molecule has 0 aliphatic carbocycles. The molecule has 1 aliphatic rings. The number of carboxylic acid groups (broad SMARTS) is 1. The highest BCUT2D eigenvalue weighted by Crippen LogP contribution is 2.26. The Bertz CT molecular complexity index is 346. The second-order valence-corrected chi connectivity index (χ2v) is 6.46. The number of nitrogens with one attached hydrogen (secondary N) is 1. The van der Waals surface area contributed by atoms with Crippen LogP contribution in [0.15, 0.2) is 0 Å². The summed E-state index contributed by atoms with van der Waals surface area (Å²) in [7, 11) is 0. The van der Waals surface area contributed by atoms with E-state index in [0.29, 0.717) is 19.8 Å². The molecule has 0 radical (unpaired) electrons. The summed E-state index contributed by atoms with van der Waals surface area (Å²) in [5.41, 5.74) is -0.603. The molecule has 0 spiro atoms. The largest absolute Gasteiger partial charge is 0.481 e. The molecule has 0 bridgehead atoms. The van der Waals surface area contributed by atoms with Gasteiger partial charge in [-0.3, -0.25) is 14.5 Å². The van der Waals surface area contributed by atoms with E-state index in [4.69, 9.17) is 4.74 Å².